The average Bonchev–Trinajstić information content (AvgIpc) is 2.56. The minimum absolute atomic E-state index is 0.144. The minimum atomic E-state index is -0.144. The highest BCUT2D eigenvalue weighted by Gasteiger charge is 2.00. The van der Waals surface area contributed by atoms with E-state index in [4.69, 9.17) is 0 Å². The molecule has 2 N–H and O–H groups in total. The summed E-state index contributed by atoms with van der Waals surface area (Å²) in [6.45, 7) is 1.50. The topological polar surface area (TPSA) is 44.4 Å². The molecule has 78 valence electrons. The number of carbonyl (C=O) groups excluding carboxylic acids is 1. The molecule has 1 aromatic heterocycles. The van der Waals surface area contributed by atoms with Crippen molar-refractivity contribution in [3.8, 4) is 0 Å². The number of thiophene rings is 1. The Balaban J connectivity index is 2.17. The van der Waals surface area contributed by atoms with Gasteiger partial charge in [0, 0.05) is 13.1 Å². The molecule has 5 heteroatoms. The maximum Gasteiger partial charge on any atom is 0.319 e. The Labute approximate surface area is 87.9 Å². The Hall–Kier alpha value is -1.07. The third-order valence-electron chi connectivity index (χ3n) is 1.60. The first-order valence-electron chi connectivity index (χ1n) is 4.41. The summed E-state index contributed by atoms with van der Waals surface area (Å²) in [6.07, 6.45) is 0. The molecule has 1 heterocycles. The summed E-state index contributed by atoms with van der Waals surface area (Å²) >= 11 is 1.51. The summed E-state index contributed by atoms with van der Waals surface area (Å²) in [5.41, 5.74) is 0. The lowest BCUT2D eigenvalue weighted by atomic mass is 10.6. The van der Waals surface area contributed by atoms with E-state index in [-0.39, 0.29) is 6.03 Å². The largest absolute Gasteiger partial charge is 0.337 e. The summed E-state index contributed by atoms with van der Waals surface area (Å²) in [4.78, 5) is 13.3. The standard InChI is InChI=1S/C9H15N3OS/c1-12(2)6-5-10-9(13)11-8-4-3-7-14-8/h3-4,7H,5-6H2,1-2H3,(H2,10,11,13). The number of rotatable bonds is 4. The number of carbonyl (C=O) groups is 1. The van der Waals surface area contributed by atoms with Gasteiger partial charge in [-0.05, 0) is 31.6 Å². The van der Waals surface area contributed by atoms with Gasteiger partial charge < -0.3 is 10.2 Å². The lowest BCUT2D eigenvalue weighted by Crippen LogP contribution is -2.34. The summed E-state index contributed by atoms with van der Waals surface area (Å²) in [7, 11) is 3.94. The Kier molecular flexibility index (Phi) is 4.42. The molecule has 0 spiro atoms. The van der Waals surface area contributed by atoms with Gasteiger partial charge in [0.1, 0.15) is 0 Å². The van der Waals surface area contributed by atoms with Crippen molar-refractivity contribution in [1.82, 2.24) is 10.2 Å². The van der Waals surface area contributed by atoms with Crippen LogP contribution in [0.5, 0.6) is 0 Å². The van der Waals surface area contributed by atoms with Crippen LogP contribution in [0.25, 0.3) is 0 Å². The van der Waals surface area contributed by atoms with E-state index in [1.165, 1.54) is 11.3 Å². The number of nitrogens with one attached hydrogen (secondary N) is 2. The Morgan fingerprint density at radius 2 is 2.36 bits per heavy atom. The van der Waals surface area contributed by atoms with Gasteiger partial charge in [0.25, 0.3) is 0 Å². The van der Waals surface area contributed by atoms with Crippen LogP contribution in [0.4, 0.5) is 9.80 Å². The molecule has 4 nitrogen and oxygen atoms in total. The Morgan fingerprint density at radius 3 is 2.93 bits per heavy atom. The molecule has 0 unspecified atom stereocenters. The zero-order chi connectivity index (χ0) is 10.4. The first kappa shape index (κ1) is 11.0. The maximum atomic E-state index is 11.3. The first-order valence-corrected chi connectivity index (χ1v) is 5.29. The number of hydrogen-bond acceptors (Lipinski definition) is 3. The molecular weight excluding hydrogens is 198 g/mol. The van der Waals surface area contributed by atoms with E-state index in [9.17, 15) is 4.79 Å². The fourth-order valence-electron chi connectivity index (χ4n) is 0.899. The summed E-state index contributed by atoms with van der Waals surface area (Å²) in [5.74, 6) is 0. The number of hydrogen-bond donors (Lipinski definition) is 2. The molecule has 0 aliphatic carbocycles. The van der Waals surface area contributed by atoms with Gasteiger partial charge in [-0.15, -0.1) is 11.3 Å². The molecule has 0 aliphatic heterocycles. The Morgan fingerprint density at radius 1 is 1.57 bits per heavy atom. The highest BCUT2D eigenvalue weighted by atomic mass is 32.1. The van der Waals surface area contributed by atoms with Gasteiger partial charge in [-0.2, -0.15) is 0 Å². The van der Waals surface area contributed by atoms with Crippen molar-refractivity contribution in [2.75, 3.05) is 32.5 Å². The Bertz CT molecular complexity index is 272. The second-order valence-electron chi connectivity index (χ2n) is 3.16. The SMILES string of the molecule is CN(C)CCNC(=O)Nc1cccs1. The normalized spacial score (nSPS) is 10.2. The molecule has 0 aromatic carbocycles. The van der Waals surface area contributed by atoms with Crippen molar-refractivity contribution in [2.45, 2.75) is 0 Å². The molecule has 0 aliphatic rings. The summed E-state index contributed by atoms with van der Waals surface area (Å²) in [5, 5.41) is 8.31. The van der Waals surface area contributed by atoms with Crippen LogP contribution in [0, 0.1) is 0 Å². The lowest BCUT2D eigenvalue weighted by molar-refractivity contribution is 0.251. The number of likely N-dealkylation sites (N-methyl/N-ethyl adjacent to an activating group) is 1. The predicted molar refractivity (Wildman–Crippen MR) is 59.9 cm³/mol. The lowest BCUT2D eigenvalue weighted by Gasteiger charge is -2.10. The second-order valence-corrected chi connectivity index (χ2v) is 4.11. The van der Waals surface area contributed by atoms with Crippen LogP contribution < -0.4 is 10.6 Å². The second kappa shape index (κ2) is 5.62. The van der Waals surface area contributed by atoms with Crippen molar-refractivity contribution in [1.29, 1.82) is 0 Å². The van der Waals surface area contributed by atoms with Crippen molar-refractivity contribution in [3.63, 3.8) is 0 Å². The van der Waals surface area contributed by atoms with E-state index < -0.39 is 0 Å². The van der Waals surface area contributed by atoms with Gasteiger partial charge in [-0.1, -0.05) is 0 Å². The molecule has 1 rings (SSSR count). The third kappa shape index (κ3) is 4.25. The van der Waals surface area contributed by atoms with E-state index in [1.807, 2.05) is 36.5 Å². The van der Waals surface area contributed by atoms with Crippen molar-refractivity contribution in [3.05, 3.63) is 17.5 Å². The van der Waals surface area contributed by atoms with E-state index >= 15 is 0 Å². The van der Waals surface area contributed by atoms with Crippen LogP contribution in [0.1, 0.15) is 0 Å². The van der Waals surface area contributed by atoms with E-state index in [2.05, 4.69) is 10.6 Å². The molecular formula is C9H15N3OS. The first-order chi connectivity index (χ1) is 6.68. The number of amides is 2. The van der Waals surface area contributed by atoms with Gasteiger partial charge >= 0.3 is 6.03 Å². The van der Waals surface area contributed by atoms with Crippen LogP contribution in [0.15, 0.2) is 17.5 Å². The van der Waals surface area contributed by atoms with Crippen LogP contribution >= 0.6 is 11.3 Å². The quantitative estimate of drug-likeness (QED) is 0.794. The fraction of sp³-hybridized carbons (Fsp3) is 0.444. The van der Waals surface area contributed by atoms with Crippen LogP contribution in [0.2, 0.25) is 0 Å². The maximum absolute atomic E-state index is 11.3. The molecule has 2 amide bonds. The molecule has 14 heavy (non-hydrogen) atoms. The summed E-state index contributed by atoms with van der Waals surface area (Å²) in [6, 6.07) is 3.63. The molecule has 1 aromatic rings. The van der Waals surface area contributed by atoms with Gasteiger partial charge in [-0.3, -0.25) is 5.32 Å². The zero-order valence-corrected chi connectivity index (χ0v) is 9.23. The van der Waals surface area contributed by atoms with Crippen LogP contribution in [-0.4, -0.2) is 38.1 Å². The molecule has 0 saturated carbocycles. The summed E-state index contributed by atoms with van der Waals surface area (Å²) < 4.78 is 0. The van der Waals surface area contributed by atoms with Gasteiger partial charge in [0.2, 0.25) is 0 Å². The van der Waals surface area contributed by atoms with Gasteiger partial charge in [0.05, 0.1) is 5.00 Å². The van der Waals surface area contributed by atoms with Crippen LogP contribution in [-0.2, 0) is 0 Å². The number of nitrogens with zero attached hydrogens (tertiary/aromatic N) is 1. The number of anilines is 1. The van der Waals surface area contributed by atoms with Gasteiger partial charge in [0.15, 0.2) is 0 Å². The molecule has 0 atom stereocenters. The van der Waals surface area contributed by atoms with E-state index in [1.54, 1.807) is 0 Å². The fourth-order valence-corrected chi connectivity index (χ4v) is 1.51. The highest BCUT2D eigenvalue weighted by molar-refractivity contribution is 7.14. The average molecular weight is 213 g/mol. The predicted octanol–water partition coefficient (Wildman–Crippen LogP) is 1.43. The van der Waals surface area contributed by atoms with E-state index in [0.29, 0.717) is 6.54 Å². The molecule has 0 fully saturated rings. The monoisotopic (exact) mass is 213 g/mol. The highest BCUT2D eigenvalue weighted by Crippen LogP contribution is 2.14. The molecule has 0 saturated heterocycles. The number of urea groups is 1. The molecule has 0 bridgehead atoms. The molecule has 0 radical (unpaired) electrons. The third-order valence-corrected chi connectivity index (χ3v) is 2.39. The smallest absolute Gasteiger partial charge is 0.319 e. The zero-order valence-electron chi connectivity index (χ0n) is 8.41. The van der Waals surface area contributed by atoms with Crippen molar-refractivity contribution in [2.24, 2.45) is 0 Å². The minimum Gasteiger partial charge on any atom is -0.337 e. The van der Waals surface area contributed by atoms with Gasteiger partial charge in [-0.25, -0.2) is 4.79 Å². The van der Waals surface area contributed by atoms with Crippen LogP contribution in [0.3, 0.4) is 0 Å². The van der Waals surface area contributed by atoms with E-state index in [0.717, 1.165) is 11.5 Å². The van der Waals surface area contributed by atoms with Crippen molar-refractivity contribution >= 4 is 22.4 Å². The van der Waals surface area contributed by atoms with Crippen molar-refractivity contribution < 1.29 is 4.79 Å².